The maximum absolute atomic E-state index is 10.0. The van der Waals surface area contributed by atoms with Crippen LogP contribution in [0.2, 0.25) is 0 Å². The predicted octanol–water partition coefficient (Wildman–Crippen LogP) is 2.95. The number of aliphatic hydroxyl groups excluding tert-OH is 1. The third kappa shape index (κ3) is 4.09. The Morgan fingerprint density at radius 2 is 1.84 bits per heavy atom. The molecule has 0 amide bonds. The van der Waals surface area contributed by atoms with Gasteiger partial charge in [0.15, 0.2) is 0 Å². The van der Waals surface area contributed by atoms with E-state index in [1.165, 1.54) is 0 Å². The first-order valence-electron chi connectivity index (χ1n) is 6.23. The quantitative estimate of drug-likeness (QED) is 0.865. The van der Waals surface area contributed by atoms with Crippen molar-refractivity contribution >= 4 is 0 Å². The van der Waals surface area contributed by atoms with Gasteiger partial charge in [0, 0.05) is 0 Å². The molecule has 2 rings (SSSR count). The van der Waals surface area contributed by atoms with Gasteiger partial charge in [-0.1, -0.05) is 42.5 Å². The van der Waals surface area contributed by atoms with Crippen molar-refractivity contribution in [1.82, 2.24) is 0 Å². The first-order valence-corrected chi connectivity index (χ1v) is 6.23. The van der Waals surface area contributed by atoms with E-state index in [2.05, 4.69) is 0 Å². The van der Waals surface area contributed by atoms with Crippen molar-refractivity contribution < 1.29 is 14.6 Å². The largest absolute Gasteiger partial charge is 0.497 e. The monoisotopic (exact) mass is 258 g/mol. The van der Waals surface area contributed by atoms with Gasteiger partial charge in [-0.05, 0) is 23.3 Å². The lowest BCUT2D eigenvalue weighted by Gasteiger charge is -2.12. The second-order valence-corrected chi connectivity index (χ2v) is 4.29. The normalized spacial score (nSPS) is 12.1. The molecule has 0 aromatic heterocycles. The molecule has 0 aliphatic heterocycles. The molecular weight excluding hydrogens is 240 g/mol. The van der Waals surface area contributed by atoms with Gasteiger partial charge in [0.1, 0.15) is 11.9 Å². The Balaban J connectivity index is 1.85. The van der Waals surface area contributed by atoms with E-state index in [1.807, 2.05) is 54.6 Å². The second-order valence-electron chi connectivity index (χ2n) is 4.29. The van der Waals surface area contributed by atoms with Gasteiger partial charge < -0.3 is 14.6 Å². The van der Waals surface area contributed by atoms with E-state index in [0.29, 0.717) is 6.61 Å². The van der Waals surface area contributed by atoms with Gasteiger partial charge in [0.25, 0.3) is 0 Å². The lowest BCUT2D eigenvalue weighted by molar-refractivity contribution is 0.0276. The molecule has 0 fully saturated rings. The summed E-state index contributed by atoms with van der Waals surface area (Å²) in [6.45, 7) is 0.768. The molecular formula is C16H18O3. The van der Waals surface area contributed by atoms with Crippen LogP contribution >= 0.6 is 0 Å². The fourth-order valence-electron chi connectivity index (χ4n) is 1.81. The fraction of sp³-hybridized carbons (Fsp3) is 0.250. The number of hydrogen-bond donors (Lipinski definition) is 1. The van der Waals surface area contributed by atoms with Crippen molar-refractivity contribution in [3.05, 3.63) is 65.7 Å². The van der Waals surface area contributed by atoms with Crippen molar-refractivity contribution in [3.63, 3.8) is 0 Å². The van der Waals surface area contributed by atoms with Crippen LogP contribution in [0.4, 0.5) is 0 Å². The summed E-state index contributed by atoms with van der Waals surface area (Å²) in [4.78, 5) is 0. The Kier molecular flexibility index (Phi) is 4.95. The van der Waals surface area contributed by atoms with Gasteiger partial charge >= 0.3 is 0 Å². The van der Waals surface area contributed by atoms with Crippen LogP contribution in [0.3, 0.4) is 0 Å². The van der Waals surface area contributed by atoms with Crippen molar-refractivity contribution in [3.8, 4) is 5.75 Å². The molecule has 0 spiro atoms. The molecule has 2 aromatic carbocycles. The molecule has 0 saturated carbocycles. The van der Waals surface area contributed by atoms with Crippen LogP contribution in [0, 0.1) is 0 Å². The van der Waals surface area contributed by atoms with Crippen molar-refractivity contribution in [2.75, 3.05) is 13.7 Å². The highest BCUT2D eigenvalue weighted by Crippen LogP contribution is 2.19. The lowest BCUT2D eigenvalue weighted by atomic mass is 10.1. The zero-order valence-electron chi connectivity index (χ0n) is 11.0. The van der Waals surface area contributed by atoms with Crippen LogP contribution in [0.25, 0.3) is 0 Å². The number of rotatable bonds is 6. The molecule has 1 unspecified atom stereocenters. The van der Waals surface area contributed by atoms with Gasteiger partial charge in [-0.15, -0.1) is 0 Å². The molecule has 0 radical (unpaired) electrons. The lowest BCUT2D eigenvalue weighted by Crippen LogP contribution is -2.07. The highest BCUT2D eigenvalue weighted by atomic mass is 16.5. The number of ether oxygens (including phenoxy) is 2. The third-order valence-corrected chi connectivity index (χ3v) is 2.87. The minimum Gasteiger partial charge on any atom is -0.497 e. The summed E-state index contributed by atoms with van der Waals surface area (Å²) < 4.78 is 10.6. The second kappa shape index (κ2) is 6.92. The summed E-state index contributed by atoms with van der Waals surface area (Å²) in [5, 5.41) is 10.0. The Labute approximate surface area is 113 Å². The highest BCUT2D eigenvalue weighted by molar-refractivity contribution is 5.29. The van der Waals surface area contributed by atoms with Crippen molar-refractivity contribution in [2.45, 2.75) is 12.7 Å². The van der Waals surface area contributed by atoms with Crippen molar-refractivity contribution in [2.24, 2.45) is 0 Å². The van der Waals surface area contributed by atoms with Crippen LogP contribution in [0.5, 0.6) is 5.75 Å². The van der Waals surface area contributed by atoms with Crippen LogP contribution in [0.1, 0.15) is 17.2 Å². The van der Waals surface area contributed by atoms with Gasteiger partial charge in [-0.25, -0.2) is 0 Å². The summed E-state index contributed by atoms with van der Waals surface area (Å²) in [5.41, 5.74) is 1.90. The molecule has 0 aliphatic carbocycles. The molecule has 100 valence electrons. The number of aliphatic hydroxyl groups is 1. The number of methoxy groups -OCH3 is 1. The van der Waals surface area contributed by atoms with E-state index in [9.17, 15) is 5.11 Å². The minimum absolute atomic E-state index is 0.266. The predicted molar refractivity (Wildman–Crippen MR) is 74.1 cm³/mol. The smallest absolute Gasteiger partial charge is 0.119 e. The van der Waals surface area contributed by atoms with Gasteiger partial charge in [0.05, 0.1) is 20.3 Å². The van der Waals surface area contributed by atoms with Crippen LogP contribution in [0.15, 0.2) is 54.6 Å². The molecule has 3 nitrogen and oxygen atoms in total. The van der Waals surface area contributed by atoms with E-state index in [4.69, 9.17) is 9.47 Å². The molecule has 19 heavy (non-hydrogen) atoms. The SMILES string of the molecule is COc1cccc(C(O)COCc2ccccc2)c1. The zero-order valence-corrected chi connectivity index (χ0v) is 11.0. The summed E-state index contributed by atoms with van der Waals surface area (Å²) in [6.07, 6.45) is -0.640. The third-order valence-electron chi connectivity index (χ3n) is 2.87. The van der Waals surface area contributed by atoms with Crippen LogP contribution in [-0.4, -0.2) is 18.8 Å². The molecule has 3 heteroatoms. The van der Waals surface area contributed by atoms with Crippen LogP contribution < -0.4 is 4.74 Å². The number of benzene rings is 2. The van der Waals surface area contributed by atoms with Gasteiger partial charge in [-0.3, -0.25) is 0 Å². The average Bonchev–Trinajstić information content (AvgIpc) is 2.48. The minimum atomic E-state index is -0.640. The molecule has 0 aliphatic rings. The van der Waals surface area contributed by atoms with E-state index in [1.54, 1.807) is 7.11 Å². The fourth-order valence-corrected chi connectivity index (χ4v) is 1.81. The Bertz CT molecular complexity index is 496. The average molecular weight is 258 g/mol. The van der Waals surface area contributed by atoms with E-state index in [-0.39, 0.29) is 6.61 Å². The van der Waals surface area contributed by atoms with E-state index >= 15 is 0 Å². The standard InChI is InChI=1S/C16H18O3/c1-18-15-9-5-8-14(10-15)16(17)12-19-11-13-6-3-2-4-7-13/h2-10,16-17H,11-12H2,1H3. The van der Waals surface area contributed by atoms with Crippen molar-refractivity contribution in [1.29, 1.82) is 0 Å². The van der Waals surface area contributed by atoms with Crippen LogP contribution in [-0.2, 0) is 11.3 Å². The number of hydrogen-bond acceptors (Lipinski definition) is 3. The molecule has 0 heterocycles. The maximum Gasteiger partial charge on any atom is 0.119 e. The van der Waals surface area contributed by atoms with Gasteiger partial charge in [-0.2, -0.15) is 0 Å². The maximum atomic E-state index is 10.0. The topological polar surface area (TPSA) is 38.7 Å². The van der Waals surface area contributed by atoms with E-state index < -0.39 is 6.10 Å². The summed E-state index contributed by atoms with van der Waals surface area (Å²) in [6, 6.07) is 17.3. The molecule has 0 saturated heterocycles. The summed E-state index contributed by atoms with van der Waals surface area (Å²) in [7, 11) is 1.61. The molecule has 1 atom stereocenters. The highest BCUT2D eigenvalue weighted by Gasteiger charge is 2.08. The van der Waals surface area contributed by atoms with Gasteiger partial charge in [0.2, 0.25) is 0 Å². The molecule has 1 N–H and O–H groups in total. The Morgan fingerprint density at radius 3 is 2.58 bits per heavy atom. The molecule has 0 bridgehead atoms. The van der Waals surface area contributed by atoms with E-state index in [0.717, 1.165) is 16.9 Å². The summed E-state index contributed by atoms with van der Waals surface area (Å²) >= 11 is 0. The first kappa shape index (κ1) is 13.6. The molecule has 2 aromatic rings. The Morgan fingerprint density at radius 1 is 1.05 bits per heavy atom. The first-order chi connectivity index (χ1) is 9.29. The summed E-state index contributed by atoms with van der Waals surface area (Å²) in [5.74, 6) is 0.736. The Hall–Kier alpha value is -1.84. The zero-order chi connectivity index (χ0) is 13.5.